The first-order valence-electron chi connectivity index (χ1n) is 7.98. The highest BCUT2D eigenvalue weighted by atomic mass is 127. The third kappa shape index (κ3) is 5.26. The lowest BCUT2D eigenvalue weighted by Crippen LogP contribution is -2.43. The SMILES string of the molecule is CCNC(=NCC(=O)NCCOC)N1CCC2(CCC2)C1.I. The highest BCUT2D eigenvalue weighted by Crippen LogP contribution is 2.47. The molecule has 1 amide bonds. The number of amides is 1. The zero-order valence-corrected chi connectivity index (χ0v) is 16.0. The van der Waals surface area contributed by atoms with E-state index in [1.807, 2.05) is 0 Å². The molecule has 2 fully saturated rings. The monoisotopic (exact) mass is 424 g/mol. The summed E-state index contributed by atoms with van der Waals surface area (Å²) in [6.07, 6.45) is 5.32. The molecule has 6 nitrogen and oxygen atoms in total. The third-order valence-electron chi connectivity index (χ3n) is 4.49. The van der Waals surface area contributed by atoms with E-state index in [9.17, 15) is 4.79 Å². The van der Waals surface area contributed by atoms with Gasteiger partial charge in [-0.25, -0.2) is 4.99 Å². The summed E-state index contributed by atoms with van der Waals surface area (Å²) in [6, 6.07) is 0. The van der Waals surface area contributed by atoms with Crippen molar-refractivity contribution >= 4 is 35.8 Å². The van der Waals surface area contributed by atoms with E-state index in [1.54, 1.807) is 7.11 Å². The van der Waals surface area contributed by atoms with Crippen molar-refractivity contribution in [2.45, 2.75) is 32.6 Å². The van der Waals surface area contributed by atoms with E-state index in [0.29, 0.717) is 18.6 Å². The van der Waals surface area contributed by atoms with E-state index in [-0.39, 0.29) is 36.4 Å². The number of halogens is 1. The van der Waals surface area contributed by atoms with Crippen LogP contribution in [0.5, 0.6) is 0 Å². The van der Waals surface area contributed by atoms with Crippen LogP contribution in [0.1, 0.15) is 32.6 Å². The van der Waals surface area contributed by atoms with Gasteiger partial charge in [-0.3, -0.25) is 4.79 Å². The molecule has 2 N–H and O–H groups in total. The standard InChI is InChI=1S/C15H28N4O2.HI/c1-3-16-14(18-11-13(20)17-8-10-21-2)19-9-7-15(12-19)5-4-6-15;/h3-12H2,1-2H3,(H,16,18)(H,17,20);1H. The van der Waals surface area contributed by atoms with Crippen molar-refractivity contribution in [3.8, 4) is 0 Å². The molecule has 0 aromatic rings. The molecule has 0 aromatic carbocycles. The van der Waals surface area contributed by atoms with Gasteiger partial charge in [0.1, 0.15) is 6.54 Å². The van der Waals surface area contributed by atoms with Gasteiger partial charge in [-0.1, -0.05) is 6.42 Å². The van der Waals surface area contributed by atoms with Crippen molar-refractivity contribution in [1.82, 2.24) is 15.5 Å². The maximum absolute atomic E-state index is 11.7. The van der Waals surface area contributed by atoms with Crippen LogP contribution in [0.2, 0.25) is 0 Å². The highest BCUT2D eigenvalue weighted by Gasteiger charge is 2.43. The number of guanidine groups is 1. The molecule has 2 rings (SSSR count). The number of hydrogen-bond acceptors (Lipinski definition) is 3. The fourth-order valence-electron chi connectivity index (χ4n) is 3.12. The fraction of sp³-hybridized carbons (Fsp3) is 0.867. The molecule has 128 valence electrons. The fourth-order valence-corrected chi connectivity index (χ4v) is 3.12. The van der Waals surface area contributed by atoms with E-state index < -0.39 is 0 Å². The van der Waals surface area contributed by atoms with Gasteiger partial charge in [-0.05, 0) is 31.6 Å². The number of hydrogen-bond donors (Lipinski definition) is 2. The molecule has 0 bridgehead atoms. The van der Waals surface area contributed by atoms with Gasteiger partial charge in [0.05, 0.1) is 6.61 Å². The second-order valence-corrected chi connectivity index (χ2v) is 6.04. The molecule has 1 aliphatic carbocycles. The molecule has 0 atom stereocenters. The van der Waals surface area contributed by atoms with Crippen LogP contribution in [0, 0.1) is 5.41 Å². The quantitative estimate of drug-likeness (QED) is 0.291. The van der Waals surface area contributed by atoms with Gasteiger partial charge in [0.25, 0.3) is 0 Å². The van der Waals surface area contributed by atoms with Gasteiger partial charge < -0.3 is 20.3 Å². The molecule has 7 heteroatoms. The van der Waals surface area contributed by atoms with Crippen LogP contribution in [-0.4, -0.2) is 63.2 Å². The van der Waals surface area contributed by atoms with Crippen LogP contribution < -0.4 is 10.6 Å². The van der Waals surface area contributed by atoms with E-state index in [2.05, 4.69) is 27.4 Å². The number of nitrogens with zero attached hydrogens (tertiary/aromatic N) is 2. The Kier molecular flexibility index (Phi) is 8.45. The van der Waals surface area contributed by atoms with Gasteiger partial charge >= 0.3 is 0 Å². The summed E-state index contributed by atoms with van der Waals surface area (Å²) in [5.74, 6) is 0.822. The summed E-state index contributed by atoms with van der Waals surface area (Å²) in [5.41, 5.74) is 0.539. The van der Waals surface area contributed by atoms with E-state index >= 15 is 0 Å². The molecular weight excluding hydrogens is 395 g/mol. The molecule has 22 heavy (non-hydrogen) atoms. The zero-order chi connectivity index (χ0) is 15.1. The summed E-state index contributed by atoms with van der Waals surface area (Å²) in [5, 5.41) is 6.10. The van der Waals surface area contributed by atoms with Crippen molar-refractivity contribution in [3.63, 3.8) is 0 Å². The predicted molar refractivity (Wildman–Crippen MR) is 98.8 cm³/mol. The number of nitrogens with one attached hydrogen (secondary N) is 2. The van der Waals surface area contributed by atoms with Gasteiger partial charge in [0.2, 0.25) is 5.91 Å². The van der Waals surface area contributed by atoms with Crippen molar-refractivity contribution in [2.24, 2.45) is 10.4 Å². The highest BCUT2D eigenvalue weighted by molar-refractivity contribution is 14.0. The van der Waals surface area contributed by atoms with Gasteiger partial charge in [-0.15, -0.1) is 24.0 Å². The van der Waals surface area contributed by atoms with E-state index in [4.69, 9.17) is 4.74 Å². The van der Waals surface area contributed by atoms with Gasteiger partial charge in [0.15, 0.2) is 5.96 Å². The largest absolute Gasteiger partial charge is 0.383 e. The van der Waals surface area contributed by atoms with Crippen LogP contribution in [-0.2, 0) is 9.53 Å². The summed E-state index contributed by atoms with van der Waals surface area (Å²) in [4.78, 5) is 18.5. The minimum Gasteiger partial charge on any atom is -0.383 e. The maximum Gasteiger partial charge on any atom is 0.241 e. The second kappa shape index (κ2) is 9.54. The first kappa shape index (κ1) is 19.5. The van der Waals surface area contributed by atoms with Crippen molar-refractivity contribution in [1.29, 1.82) is 0 Å². The third-order valence-corrected chi connectivity index (χ3v) is 4.49. The summed E-state index contributed by atoms with van der Waals surface area (Å²) in [7, 11) is 1.62. The zero-order valence-electron chi connectivity index (χ0n) is 13.7. The molecule has 0 aromatic heterocycles. The molecule has 2 aliphatic rings. The Hall–Kier alpha value is -0.570. The number of likely N-dealkylation sites (tertiary alicyclic amines) is 1. The van der Waals surface area contributed by atoms with Crippen LogP contribution in [0.25, 0.3) is 0 Å². The smallest absolute Gasteiger partial charge is 0.241 e. The first-order chi connectivity index (χ1) is 10.2. The number of methoxy groups -OCH3 is 1. The summed E-state index contributed by atoms with van der Waals surface area (Å²) < 4.78 is 4.91. The molecule has 1 aliphatic heterocycles. The predicted octanol–water partition coefficient (Wildman–Crippen LogP) is 1.21. The molecule has 0 unspecified atom stereocenters. The Morgan fingerprint density at radius 3 is 2.64 bits per heavy atom. The summed E-state index contributed by atoms with van der Waals surface area (Å²) in [6.45, 7) is 6.27. The average Bonchev–Trinajstić information content (AvgIpc) is 2.89. The van der Waals surface area contributed by atoms with Gasteiger partial charge in [-0.2, -0.15) is 0 Å². The lowest BCUT2D eigenvalue weighted by molar-refractivity contribution is -0.119. The number of aliphatic imine (C=N–C) groups is 1. The molecule has 0 radical (unpaired) electrons. The lowest BCUT2D eigenvalue weighted by atomic mass is 9.68. The van der Waals surface area contributed by atoms with Crippen LogP contribution in [0.15, 0.2) is 4.99 Å². The molecule has 1 spiro atoms. The van der Waals surface area contributed by atoms with Gasteiger partial charge in [0, 0.05) is 33.3 Å². The lowest BCUT2D eigenvalue weighted by Gasteiger charge is -2.38. The average molecular weight is 424 g/mol. The Balaban J connectivity index is 0.00000242. The molecular formula is C15H29IN4O2. The Bertz CT molecular complexity index is 386. The number of carbonyl (C=O) groups excluding carboxylic acids is 1. The number of ether oxygens (including phenoxy) is 1. The molecule has 1 saturated carbocycles. The van der Waals surface area contributed by atoms with Crippen LogP contribution >= 0.6 is 24.0 Å². The Morgan fingerprint density at radius 2 is 2.09 bits per heavy atom. The topological polar surface area (TPSA) is 66.0 Å². The Morgan fingerprint density at radius 1 is 1.32 bits per heavy atom. The number of carbonyl (C=O) groups is 1. The second-order valence-electron chi connectivity index (χ2n) is 6.04. The van der Waals surface area contributed by atoms with E-state index in [0.717, 1.165) is 25.6 Å². The van der Waals surface area contributed by atoms with E-state index in [1.165, 1.54) is 25.7 Å². The first-order valence-corrected chi connectivity index (χ1v) is 7.98. The summed E-state index contributed by atoms with van der Waals surface area (Å²) >= 11 is 0. The van der Waals surface area contributed by atoms with Crippen molar-refractivity contribution < 1.29 is 9.53 Å². The van der Waals surface area contributed by atoms with Crippen molar-refractivity contribution in [2.75, 3.05) is 46.4 Å². The van der Waals surface area contributed by atoms with Crippen LogP contribution in [0.4, 0.5) is 0 Å². The minimum atomic E-state index is -0.0555. The minimum absolute atomic E-state index is 0. The van der Waals surface area contributed by atoms with Crippen LogP contribution in [0.3, 0.4) is 0 Å². The molecule has 1 saturated heterocycles. The molecule has 1 heterocycles. The maximum atomic E-state index is 11.7. The Labute approximate surface area is 150 Å². The van der Waals surface area contributed by atoms with Crippen molar-refractivity contribution in [3.05, 3.63) is 0 Å². The number of rotatable bonds is 6. The normalized spacial score (nSPS) is 19.5.